The van der Waals surface area contributed by atoms with Gasteiger partial charge in [0.25, 0.3) is 0 Å². The van der Waals surface area contributed by atoms with Gasteiger partial charge in [0.15, 0.2) is 0 Å². The summed E-state index contributed by atoms with van der Waals surface area (Å²) in [7, 11) is 1.67. The van der Waals surface area contributed by atoms with Crippen LogP contribution in [0.5, 0.6) is 0 Å². The van der Waals surface area contributed by atoms with Gasteiger partial charge in [-0.25, -0.2) is 0 Å². The number of aromatic nitrogens is 2. The van der Waals surface area contributed by atoms with E-state index in [1.165, 1.54) is 10.7 Å². The van der Waals surface area contributed by atoms with Gasteiger partial charge in [0.1, 0.15) is 0 Å². The number of hydrogen-bond donors (Lipinski definition) is 0. The smallest absolute Gasteiger partial charge is 0.275 e. The molecule has 0 aliphatic heterocycles. The second-order valence-electron chi connectivity index (χ2n) is 2.92. The van der Waals surface area contributed by atoms with Gasteiger partial charge in [-0.05, 0) is 0 Å². The lowest BCUT2D eigenvalue weighted by atomic mass is 10.2. The monoisotopic (exact) mass is 195 g/mol. The number of nitrogens with zero attached hydrogens (tertiary/aromatic N) is 3. The summed E-state index contributed by atoms with van der Waals surface area (Å²) in [6, 6.07) is 2.24. The molecule has 0 saturated heterocycles. The van der Waals surface area contributed by atoms with Gasteiger partial charge in [0.2, 0.25) is 5.82 Å². The first kappa shape index (κ1) is 8.61. The Morgan fingerprint density at radius 2 is 2.29 bits per heavy atom. The van der Waals surface area contributed by atoms with Crippen LogP contribution in [0, 0.1) is 15.9 Å². The number of hydrogen-bond acceptors (Lipinski definition) is 3. The third-order valence-electron chi connectivity index (χ3n) is 1.88. The molecule has 0 aliphatic rings. The Bertz CT molecular complexity index is 521. The molecular formula is C8H6FN3O2. The molecule has 0 spiro atoms. The SMILES string of the molecule is Cn1cc2cc([N+](=O)[O-])c(F)cc2n1. The average molecular weight is 195 g/mol. The predicted octanol–water partition coefficient (Wildman–Crippen LogP) is 1.62. The van der Waals surface area contributed by atoms with Crippen molar-refractivity contribution in [3.63, 3.8) is 0 Å². The number of rotatable bonds is 1. The fourth-order valence-corrected chi connectivity index (χ4v) is 1.30. The molecule has 72 valence electrons. The molecular weight excluding hydrogens is 189 g/mol. The Morgan fingerprint density at radius 3 is 2.93 bits per heavy atom. The predicted molar refractivity (Wildman–Crippen MR) is 47.3 cm³/mol. The third kappa shape index (κ3) is 1.20. The Balaban J connectivity index is 2.76. The highest BCUT2D eigenvalue weighted by Gasteiger charge is 2.15. The summed E-state index contributed by atoms with van der Waals surface area (Å²) in [5, 5.41) is 14.9. The Labute approximate surface area is 77.9 Å². The topological polar surface area (TPSA) is 61.0 Å². The van der Waals surface area contributed by atoms with Crippen molar-refractivity contribution in [1.29, 1.82) is 0 Å². The lowest BCUT2D eigenvalue weighted by Gasteiger charge is -1.92. The molecule has 5 nitrogen and oxygen atoms in total. The van der Waals surface area contributed by atoms with Gasteiger partial charge < -0.3 is 0 Å². The van der Waals surface area contributed by atoms with Gasteiger partial charge in [-0.2, -0.15) is 9.49 Å². The van der Waals surface area contributed by atoms with Gasteiger partial charge in [-0.3, -0.25) is 14.8 Å². The lowest BCUT2D eigenvalue weighted by molar-refractivity contribution is -0.387. The maximum Gasteiger partial charge on any atom is 0.305 e. The lowest BCUT2D eigenvalue weighted by Crippen LogP contribution is -1.91. The number of nitro benzene ring substituents is 1. The van der Waals surface area contributed by atoms with Crippen molar-refractivity contribution in [3.05, 3.63) is 34.3 Å². The minimum Gasteiger partial charge on any atom is -0.275 e. The van der Waals surface area contributed by atoms with Crippen LogP contribution in [-0.4, -0.2) is 14.7 Å². The van der Waals surface area contributed by atoms with E-state index in [2.05, 4.69) is 5.10 Å². The molecule has 1 aromatic carbocycles. The fraction of sp³-hybridized carbons (Fsp3) is 0.125. The largest absolute Gasteiger partial charge is 0.305 e. The molecule has 2 aromatic rings. The van der Waals surface area contributed by atoms with Crippen LogP contribution in [0.1, 0.15) is 0 Å². The molecule has 0 saturated carbocycles. The quantitative estimate of drug-likeness (QED) is 0.513. The summed E-state index contributed by atoms with van der Waals surface area (Å²) in [6.45, 7) is 0. The molecule has 0 amide bonds. The maximum atomic E-state index is 13.1. The number of nitro groups is 1. The van der Waals surface area contributed by atoms with E-state index in [4.69, 9.17) is 0 Å². The summed E-state index contributed by atoms with van der Waals surface area (Å²) in [6.07, 6.45) is 1.60. The van der Waals surface area contributed by atoms with Gasteiger partial charge in [0, 0.05) is 30.8 Å². The van der Waals surface area contributed by atoms with E-state index in [-0.39, 0.29) is 0 Å². The van der Waals surface area contributed by atoms with Crippen LogP contribution in [0.25, 0.3) is 10.9 Å². The van der Waals surface area contributed by atoms with E-state index in [1.807, 2.05) is 0 Å². The summed E-state index contributed by atoms with van der Waals surface area (Å²) in [5.74, 6) is -0.860. The highest BCUT2D eigenvalue weighted by Crippen LogP contribution is 2.23. The molecule has 0 bridgehead atoms. The van der Waals surface area contributed by atoms with Crippen molar-refractivity contribution in [2.75, 3.05) is 0 Å². The molecule has 1 aromatic heterocycles. The van der Waals surface area contributed by atoms with Gasteiger partial charge in [0.05, 0.1) is 10.4 Å². The highest BCUT2D eigenvalue weighted by molar-refractivity contribution is 5.80. The minimum atomic E-state index is -0.860. The Kier molecular flexibility index (Phi) is 1.70. The first-order chi connectivity index (χ1) is 6.58. The van der Waals surface area contributed by atoms with Crippen molar-refractivity contribution < 1.29 is 9.31 Å². The Hall–Kier alpha value is -1.98. The zero-order valence-corrected chi connectivity index (χ0v) is 7.27. The van der Waals surface area contributed by atoms with Gasteiger partial charge >= 0.3 is 5.69 Å². The summed E-state index contributed by atoms with van der Waals surface area (Å²) < 4.78 is 14.6. The van der Waals surface area contributed by atoms with E-state index >= 15 is 0 Å². The number of halogens is 1. The van der Waals surface area contributed by atoms with E-state index in [0.717, 1.165) is 6.07 Å². The highest BCUT2D eigenvalue weighted by atomic mass is 19.1. The number of benzene rings is 1. The van der Waals surface area contributed by atoms with Crippen LogP contribution in [0.2, 0.25) is 0 Å². The summed E-state index contributed by atoms with van der Waals surface area (Å²) >= 11 is 0. The standard InChI is InChI=1S/C8H6FN3O2/c1-11-4-5-2-8(12(13)14)6(9)3-7(5)10-11/h2-4H,1H3. The van der Waals surface area contributed by atoms with E-state index < -0.39 is 16.4 Å². The molecule has 2 rings (SSSR count). The molecule has 0 N–H and O–H groups in total. The summed E-state index contributed by atoms with van der Waals surface area (Å²) in [4.78, 5) is 9.66. The van der Waals surface area contributed by atoms with Gasteiger partial charge in [-0.1, -0.05) is 0 Å². The first-order valence-corrected chi connectivity index (χ1v) is 3.85. The minimum absolute atomic E-state index is 0.413. The average Bonchev–Trinajstić information content (AvgIpc) is 2.42. The molecule has 6 heteroatoms. The fourth-order valence-electron chi connectivity index (χ4n) is 1.30. The van der Waals surface area contributed by atoms with Crippen molar-refractivity contribution in [2.45, 2.75) is 0 Å². The van der Waals surface area contributed by atoms with Crippen molar-refractivity contribution in [2.24, 2.45) is 7.05 Å². The zero-order chi connectivity index (χ0) is 10.3. The van der Waals surface area contributed by atoms with Crippen molar-refractivity contribution >= 4 is 16.6 Å². The molecule has 14 heavy (non-hydrogen) atoms. The second-order valence-corrected chi connectivity index (χ2v) is 2.92. The summed E-state index contributed by atoms with van der Waals surface area (Å²) in [5.41, 5.74) is -0.110. The van der Waals surface area contributed by atoms with Crippen LogP contribution in [-0.2, 0) is 7.05 Å². The first-order valence-electron chi connectivity index (χ1n) is 3.85. The zero-order valence-electron chi connectivity index (χ0n) is 7.27. The van der Waals surface area contributed by atoms with Gasteiger partial charge in [-0.15, -0.1) is 0 Å². The third-order valence-corrected chi connectivity index (χ3v) is 1.88. The second kappa shape index (κ2) is 2.76. The van der Waals surface area contributed by atoms with E-state index in [9.17, 15) is 14.5 Å². The van der Waals surface area contributed by atoms with Crippen molar-refractivity contribution in [1.82, 2.24) is 9.78 Å². The van der Waals surface area contributed by atoms with Crippen LogP contribution in [0.3, 0.4) is 0 Å². The van der Waals surface area contributed by atoms with Crippen LogP contribution >= 0.6 is 0 Å². The van der Waals surface area contributed by atoms with Crippen LogP contribution < -0.4 is 0 Å². The number of fused-ring (bicyclic) bond motifs is 1. The normalized spacial score (nSPS) is 10.7. The van der Waals surface area contributed by atoms with Crippen molar-refractivity contribution in [3.8, 4) is 0 Å². The molecule has 0 radical (unpaired) electrons. The number of aryl methyl sites for hydroxylation is 1. The molecule has 0 aliphatic carbocycles. The van der Waals surface area contributed by atoms with Crippen LogP contribution in [0.15, 0.2) is 18.3 Å². The van der Waals surface area contributed by atoms with E-state index in [1.54, 1.807) is 13.2 Å². The van der Waals surface area contributed by atoms with E-state index in [0.29, 0.717) is 10.9 Å². The molecule has 1 heterocycles. The molecule has 0 atom stereocenters. The maximum absolute atomic E-state index is 13.1. The molecule has 0 unspecified atom stereocenters. The van der Waals surface area contributed by atoms with Crippen LogP contribution in [0.4, 0.5) is 10.1 Å². The Morgan fingerprint density at radius 1 is 1.57 bits per heavy atom. The molecule has 0 fully saturated rings.